The van der Waals surface area contributed by atoms with E-state index in [9.17, 15) is 18.7 Å². The minimum absolute atomic E-state index is 0. The van der Waals surface area contributed by atoms with Gasteiger partial charge < -0.3 is 15.6 Å². The zero-order valence-electron chi connectivity index (χ0n) is 8.38. The van der Waals surface area contributed by atoms with Gasteiger partial charge in [0.25, 0.3) is 0 Å². The van der Waals surface area contributed by atoms with E-state index in [1.165, 1.54) is 19.1 Å². The van der Waals surface area contributed by atoms with Crippen molar-refractivity contribution >= 4 is 11.7 Å². The number of halogens is 2. The SMILES string of the molecule is Cc1cccc(C(F)(F)C(=O)[O-])c1N.[Na+]. The summed E-state index contributed by atoms with van der Waals surface area (Å²) in [6, 6.07) is 3.81. The van der Waals surface area contributed by atoms with Crippen LogP contribution in [0.4, 0.5) is 14.5 Å². The predicted octanol–water partition coefficient (Wildman–Crippen LogP) is -2.58. The fraction of sp³-hybridized carbons (Fsp3) is 0.222. The second-order valence-electron chi connectivity index (χ2n) is 2.90. The van der Waals surface area contributed by atoms with Crippen molar-refractivity contribution in [2.45, 2.75) is 12.8 Å². The standard InChI is InChI=1S/C9H9F2NO2.Na/c1-5-3-2-4-6(7(5)12)9(10,11)8(13)14;/h2-4H,12H2,1H3,(H,13,14);/q;+1/p-1. The molecule has 0 unspecified atom stereocenters. The average molecular weight is 223 g/mol. The molecular weight excluding hydrogens is 215 g/mol. The number of para-hydroxylation sites is 1. The van der Waals surface area contributed by atoms with Gasteiger partial charge in [-0.15, -0.1) is 0 Å². The summed E-state index contributed by atoms with van der Waals surface area (Å²) >= 11 is 0. The molecule has 0 amide bonds. The summed E-state index contributed by atoms with van der Waals surface area (Å²) in [5.41, 5.74) is 4.80. The zero-order valence-corrected chi connectivity index (χ0v) is 10.4. The van der Waals surface area contributed by atoms with E-state index in [0.717, 1.165) is 6.07 Å². The number of hydrogen-bond acceptors (Lipinski definition) is 3. The first-order valence-corrected chi connectivity index (χ1v) is 3.82. The van der Waals surface area contributed by atoms with Crippen molar-refractivity contribution in [2.24, 2.45) is 0 Å². The molecule has 0 heterocycles. The number of carbonyl (C=O) groups is 1. The van der Waals surface area contributed by atoms with Gasteiger partial charge in [0.2, 0.25) is 0 Å². The second-order valence-corrected chi connectivity index (χ2v) is 2.90. The van der Waals surface area contributed by atoms with Crippen molar-refractivity contribution < 1.29 is 48.2 Å². The van der Waals surface area contributed by atoms with E-state index in [2.05, 4.69) is 0 Å². The van der Waals surface area contributed by atoms with Gasteiger partial charge in [-0.3, -0.25) is 0 Å². The summed E-state index contributed by atoms with van der Waals surface area (Å²) in [6.07, 6.45) is 0. The van der Waals surface area contributed by atoms with Gasteiger partial charge >= 0.3 is 35.5 Å². The summed E-state index contributed by atoms with van der Waals surface area (Å²) in [4.78, 5) is 10.2. The van der Waals surface area contributed by atoms with Crippen LogP contribution in [0.5, 0.6) is 0 Å². The van der Waals surface area contributed by atoms with Crippen molar-refractivity contribution in [3.05, 3.63) is 29.3 Å². The first-order chi connectivity index (χ1) is 6.37. The van der Waals surface area contributed by atoms with Crippen molar-refractivity contribution in [3.8, 4) is 0 Å². The predicted molar refractivity (Wildman–Crippen MR) is 44.5 cm³/mol. The van der Waals surface area contributed by atoms with E-state index in [4.69, 9.17) is 5.73 Å². The summed E-state index contributed by atoms with van der Waals surface area (Å²) < 4.78 is 26.0. The van der Waals surface area contributed by atoms with E-state index in [-0.39, 0.29) is 35.2 Å². The molecule has 0 fully saturated rings. The van der Waals surface area contributed by atoms with Crippen LogP contribution < -0.4 is 40.4 Å². The molecule has 0 radical (unpaired) electrons. The van der Waals surface area contributed by atoms with E-state index < -0.39 is 17.5 Å². The third-order valence-electron chi connectivity index (χ3n) is 1.92. The Balaban J connectivity index is 0.00000196. The summed E-state index contributed by atoms with van der Waals surface area (Å²) in [5, 5.41) is 10.2. The van der Waals surface area contributed by atoms with Crippen molar-refractivity contribution in [1.29, 1.82) is 0 Å². The smallest absolute Gasteiger partial charge is 0.544 e. The Labute approximate surface area is 108 Å². The van der Waals surface area contributed by atoms with Crippen LogP contribution in [0, 0.1) is 6.92 Å². The normalized spacial score (nSPS) is 10.6. The van der Waals surface area contributed by atoms with Crippen LogP contribution in [0.3, 0.4) is 0 Å². The number of carbonyl (C=O) groups excluding carboxylic acids is 1. The minimum atomic E-state index is -4.05. The molecule has 0 atom stereocenters. The monoisotopic (exact) mass is 223 g/mol. The molecule has 0 saturated heterocycles. The number of anilines is 1. The van der Waals surface area contributed by atoms with E-state index in [1.807, 2.05) is 0 Å². The van der Waals surface area contributed by atoms with Gasteiger partial charge in [-0.05, 0) is 12.5 Å². The van der Waals surface area contributed by atoms with Crippen LogP contribution >= 0.6 is 0 Å². The van der Waals surface area contributed by atoms with Crippen molar-refractivity contribution in [2.75, 3.05) is 5.73 Å². The Hall–Kier alpha value is -0.650. The molecule has 3 nitrogen and oxygen atoms in total. The summed E-state index contributed by atoms with van der Waals surface area (Å²) in [6.45, 7) is 1.52. The van der Waals surface area contributed by atoms with E-state index in [0.29, 0.717) is 5.56 Å². The molecule has 0 bridgehead atoms. The van der Waals surface area contributed by atoms with Crippen LogP contribution in [-0.2, 0) is 10.7 Å². The van der Waals surface area contributed by atoms with Gasteiger partial charge in [-0.2, -0.15) is 8.78 Å². The molecular formula is C9H8F2NNaO2. The van der Waals surface area contributed by atoms with Crippen LogP contribution in [-0.4, -0.2) is 5.97 Å². The maximum atomic E-state index is 13.0. The molecule has 6 heteroatoms. The summed E-state index contributed by atoms with van der Waals surface area (Å²) in [7, 11) is 0. The quantitative estimate of drug-likeness (QED) is 0.442. The number of rotatable bonds is 2. The number of carboxylic acid groups (broad SMARTS) is 1. The molecule has 0 aliphatic carbocycles. The maximum Gasteiger partial charge on any atom is 1.00 e. The molecule has 15 heavy (non-hydrogen) atoms. The Morgan fingerprint density at radius 3 is 2.47 bits per heavy atom. The first kappa shape index (κ1) is 14.3. The number of alkyl halides is 2. The molecule has 1 rings (SSSR count). The van der Waals surface area contributed by atoms with Crippen LogP contribution in [0.1, 0.15) is 11.1 Å². The largest absolute Gasteiger partial charge is 1.00 e. The van der Waals surface area contributed by atoms with Gasteiger partial charge in [0.1, 0.15) is 5.97 Å². The number of carboxylic acids is 1. The van der Waals surface area contributed by atoms with Crippen molar-refractivity contribution in [1.82, 2.24) is 0 Å². The number of hydrogen-bond donors (Lipinski definition) is 1. The number of aliphatic carboxylic acids is 1. The van der Waals surface area contributed by atoms with Gasteiger partial charge in [0.05, 0.1) is 5.56 Å². The third-order valence-corrected chi connectivity index (χ3v) is 1.92. The Morgan fingerprint density at radius 1 is 1.47 bits per heavy atom. The molecule has 76 valence electrons. The summed E-state index contributed by atoms with van der Waals surface area (Å²) in [5.74, 6) is -6.49. The first-order valence-electron chi connectivity index (χ1n) is 3.82. The minimum Gasteiger partial charge on any atom is -0.544 e. The fourth-order valence-corrected chi connectivity index (χ4v) is 1.06. The van der Waals surface area contributed by atoms with Gasteiger partial charge in [-0.1, -0.05) is 18.2 Å². The number of nitrogens with two attached hydrogens (primary N) is 1. The zero-order chi connectivity index (χ0) is 10.9. The molecule has 0 saturated carbocycles. The molecule has 0 aliphatic heterocycles. The Morgan fingerprint density at radius 2 is 2.00 bits per heavy atom. The molecule has 1 aromatic carbocycles. The number of aryl methyl sites for hydroxylation is 1. The number of benzene rings is 1. The maximum absolute atomic E-state index is 13.0. The fourth-order valence-electron chi connectivity index (χ4n) is 1.06. The van der Waals surface area contributed by atoms with Crippen LogP contribution in [0.25, 0.3) is 0 Å². The van der Waals surface area contributed by atoms with Crippen LogP contribution in [0.15, 0.2) is 18.2 Å². The second kappa shape index (κ2) is 4.92. The molecule has 0 aliphatic rings. The van der Waals surface area contributed by atoms with Crippen molar-refractivity contribution in [3.63, 3.8) is 0 Å². The molecule has 0 spiro atoms. The Bertz CT molecular complexity index is 382. The average Bonchev–Trinajstić information content (AvgIpc) is 2.09. The topological polar surface area (TPSA) is 66.1 Å². The van der Waals surface area contributed by atoms with Crippen LogP contribution in [0.2, 0.25) is 0 Å². The number of nitrogen functional groups attached to an aromatic ring is 1. The Kier molecular flexibility index (Phi) is 4.70. The molecule has 2 N–H and O–H groups in total. The molecule has 1 aromatic rings. The van der Waals surface area contributed by atoms with E-state index >= 15 is 0 Å². The van der Waals surface area contributed by atoms with Gasteiger partial charge in [0, 0.05) is 5.69 Å². The van der Waals surface area contributed by atoms with E-state index in [1.54, 1.807) is 0 Å². The molecule has 0 aromatic heterocycles. The van der Waals surface area contributed by atoms with Gasteiger partial charge in [-0.25, -0.2) is 0 Å². The van der Waals surface area contributed by atoms with Gasteiger partial charge in [0.15, 0.2) is 0 Å². The third kappa shape index (κ3) is 2.68.